The zero-order chi connectivity index (χ0) is 17.2. The molecule has 1 heterocycles. The molecule has 0 aliphatic carbocycles. The van der Waals surface area contributed by atoms with Crippen LogP contribution in [-0.2, 0) is 11.2 Å². The van der Waals surface area contributed by atoms with Gasteiger partial charge in [0.2, 0.25) is 0 Å². The molecule has 1 N–H and O–H groups in total. The summed E-state index contributed by atoms with van der Waals surface area (Å²) in [5.74, 6) is 0.0519. The molecule has 2 atom stereocenters. The molecule has 0 bridgehead atoms. The minimum Gasteiger partial charge on any atom is -0.444 e. The maximum atomic E-state index is 12.3. The molecule has 1 fully saturated rings. The molecule has 0 aromatic heterocycles. The number of aliphatic hydroxyl groups excluding tert-OH is 1. The number of hydrogen-bond acceptors (Lipinski definition) is 3. The normalized spacial score (nSPS) is 22.1. The Kier molecular flexibility index (Phi) is 5.35. The number of benzene rings is 1. The van der Waals surface area contributed by atoms with E-state index < -0.39 is 5.60 Å². The van der Waals surface area contributed by atoms with Gasteiger partial charge >= 0.3 is 6.09 Å². The highest BCUT2D eigenvalue weighted by Crippen LogP contribution is 2.26. The number of hydrogen-bond donors (Lipinski definition) is 1. The number of nitrogens with zero attached hydrogens (tertiary/aromatic N) is 1. The second-order valence-electron chi connectivity index (χ2n) is 7.62. The Morgan fingerprint density at radius 2 is 1.91 bits per heavy atom. The SMILES string of the molecule is Cc1cccc(C)c1CC1CN(C(=O)OC(C)(C)C)CCC1O. The van der Waals surface area contributed by atoms with E-state index in [-0.39, 0.29) is 18.1 Å². The van der Waals surface area contributed by atoms with Crippen LogP contribution in [0.25, 0.3) is 0 Å². The molecule has 4 heteroatoms. The Balaban J connectivity index is 2.08. The summed E-state index contributed by atoms with van der Waals surface area (Å²) < 4.78 is 5.46. The van der Waals surface area contributed by atoms with E-state index in [2.05, 4.69) is 32.0 Å². The van der Waals surface area contributed by atoms with Crippen LogP contribution < -0.4 is 0 Å². The van der Waals surface area contributed by atoms with Gasteiger partial charge in [0.15, 0.2) is 0 Å². The summed E-state index contributed by atoms with van der Waals surface area (Å²) in [5.41, 5.74) is 3.27. The second kappa shape index (κ2) is 6.91. The lowest BCUT2D eigenvalue weighted by atomic mass is 9.86. The first-order valence-electron chi connectivity index (χ1n) is 8.38. The summed E-state index contributed by atoms with van der Waals surface area (Å²) in [7, 11) is 0. The minimum atomic E-state index is -0.491. The average molecular weight is 319 g/mol. The molecule has 2 rings (SSSR count). The van der Waals surface area contributed by atoms with Crippen molar-refractivity contribution in [2.24, 2.45) is 5.92 Å². The van der Waals surface area contributed by atoms with Crippen molar-refractivity contribution in [3.8, 4) is 0 Å². The fourth-order valence-electron chi connectivity index (χ4n) is 3.15. The minimum absolute atomic E-state index is 0.0519. The molecule has 0 spiro atoms. The molecule has 1 saturated heterocycles. The Labute approximate surface area is 139 Å². The van der Waals surface area contributed by atoms with Gasteiger partial charge in [-0.3, -0.25) is 0 Å². The number of aliphatic hydroxyl groups is 1. The first-order valence-corrected chi connectivity index (χ1v) is 8.38. The van der Waals surface area contributed by atoms with E-state index in [1.807, 2.05) is 20.8 Å². The first kappa shape index (κ1) is 17.8. The molecule has 0 saturated carbocycles. The van der Waals surface area contributed by atoms with Gasteiger partial charge in [0, 0.05) is 19.0 Å². The van der Waals surface area contributed by atoms with Crippen molar-refractivity contribution in [2.75, 3.05) is 13.1 Å². The summed E-state index contributed by atoms with van der Waals surface area (Å²) in [6.45, 7) is 10.9. The quantitative estimate of drug-likeness (QED) is 0.908. The van der Waals surface area contributed by atoms with Crippen molar-refractivity contribution in [1.82, 2.24) is 4.90 Å². The number of carbonyl (C=O) groups is 1. The van der Waals surface area contributed by atoms with Crippen LogP contribution in [0.1, 0.15) is 43.9 Å². The highest BCUT2D eigenvalue weighted by Gasteiger charge is 2.33. The third-order valence-electron chi connectivity index (χ3n) is 4.46. The summed E-state index contributed by atoms with van der Waals surface area (Å²) in [4.78, 5) is 14.0. The number of carbonyl (C=O) groups excluding carboxylic acids is 1. The zero-order valence-corrected chi connectivity index (χ0v) is 14.9. The van der Waals surface area contributed by atoms with Crippen LogP contribution in [0.4, 0.5) is 4.79 Å². The van der Waals surface area contributed by atoms with E-state index >= 15 is 0 Å². The van der Waals surface area contributed by atoms with Crippen LogP contribution >= 0.6 is 0 Å². The van der Waals surface area contributed by atoms with Gasteiger partial charge in [0.05, 0.1) is 6.10 Å². The van der Waals surface area contributed by atoms with Crippen molar-refractivity contribution in [2.45, 2.75) is 59.2 Å². The Bertz CT molecular complexity index is 542. The fraction of sp³-hybridized carbons (Fsp3) is 0.632. The number of amides is 1. The van der Waals surface area contributed by atoms with Crippen molar-refractivity contribution in [3.63, 3.8) is 0 Å². The zero-order valence-electron chi connectivity index (χ0n) is 14.9. The van der Waals surface area contributed by atoms with Gasteiger partial charge in [0.1, 0.15) is 5.60 Å². The molecule has 1 aromatic rings. The highest BCUT2D eigenvalue weighted by atomic mass is 16.6. The molecule has 1 aliphatic rings. The molecule has 1 amide bonds. The lowest BCUT2D eigenvalue weighted by molar-refractivity contribution is -0.00827. The predicted octanol–water partition coefficient (Wildman–Crippen LogP) is 3.46. The van der Waals surface area contributed by atoms with Gasteiger partial charge in [-0.15, -0.1) is 0 Å². The van der Waals surface area contributed by atoms with Gasteiger partial charge in [-0.25, -0.2) is 4.79 Å². The van der Waals surface area contributed by atoms with E-state index in [0.717, 1.165) is 6.42 Å². The number of likely N-dealkylation sites (tertiary alicyclic amines) is 1. The third-order valence-corrected chi connectivity index (χ3v) is 4.46. The molecular weight excluding hydrogens is 290 g/mol. The highest BCUT2D eigenvalue weighted by molar-refractivity contribution is 5.68. The number of rotatable bonds is 2. The smallest absolute Gasteiger partial charge is 0.410 e. The largest absolute Gasteiger partial charge is 0.444 e. The lowest BCUT2D eigenvalue weighted by Gasteiger charge is -2.37. The van der Waals surface area contributed by atoms with E-state index in [4.69, 9.17) is 4.74 Å². The van der Waals surface area contributed by atoms with Crippen molar-refractivity contribution < 1.29 is 14.6 Å². The monoisotopic (exact) mass is 319 g/mol. The first-order chi connectivity index (χ1) is 10.7. The van der Waals surface area contributed by atoms with Crippen molar-refractivity contribution >= 4 is 6.09 Å². The third kappa shape index (κ3) is 4.71. The Morgan fingerprint density at radius 3 is 2.48 bits per heavy atom. The number of piperidine rings is 1. The number of ether oxygens (including phenoxy) is 1. The summed E-state index contributed by atoms with van der Waals surface area (Å²) in [6.07, 6.45) is 0.747. The summed E-state index contributed by atoms with van der Waals surface area (Å²) >= 11 is 0. The molecule has 23 heavy (non-hydrogen) atoms. The average Bonchev–Trinajstić information content (AvgIpc) is 2.43. The molecule has 1 aliphatic heterocycles. The van der Waals surface area contributed by atoms with Gasteiger partial charge < -0.3 is 14.7 Å². The Morgan fingerprint density at radius 1 is 1.30 bits per heavy atom. The van der Waals surface area contributed by atoms with Crippen LogP contribution in [0.3, 0.4) is 0 Å². The maximum Gasteiger partial charge on any atom is 0.410 e. The fourth-order valence-corrected chi connectivity index (χ4v) is 3.15. The molecular formula is C19H29NO3. The topological polar surface area (TPSA) is 49.8 Å². The van der Waals surface area contributed by atoms with Crippen LogP contribution in [-0.4, -0.2) is 40.9 Å². The standard InChI is InChI=1S/C19H29NO3/c1-13-7-6-8-14(2)16(13)11-15-12-20(10-9-17(15)21)18(22)23-19(3,4)5/h6-8,15,17,21H,9-12H2,1-5H3. The molecule has 2 unspecified atom stereocenters. The van der Waals surface area contributed by atoms with Crippen LogP contribution in [0.5, 0.6) is 0 Å². The van der Waals surface area contributed by atoms with Gasteiger partial charge in [-0.05, 0) is 64.2 Å². The molecule has 1 aromatic carbocycles. The predicted molar refractivity (Wildman–Crippen MR) is 91.5 cm³/mol. The van der Waals surface area contributed by atoms with E-state index in [0.29, 0.717) is 19.5 Å². The summed E-state index contributed by atoms with van der Waals surface area (Å²) in [5, 5.41) is 10.4. The number of aryl methyl sites for hydroxylation is 2. The molecule has 128 valence electrons. The van der Waals surface area contributed by atoms with E-state index in [1.165, 1.54) is 16.7 Å². The van der Waals surface area contributed by atoms with Gasteiger partial charge in [-0.2, -0.15) is 0 Å². The van der Waals surface area contributed by atoms with Crippen LogP contribution in [0.2, 0.25) is 0 Å². The maximum absolute atomic E-state index is 12.3. The second-order valence-corrected chi connectivity index (χ2v) is 7.62. The lowest BCUT2D eigenvalue weighted by Crippen LogP contribution is -2.48. The van der Waals surface area contributed by atoms with E-state index in [9.17, 15) is 9.90 Å². The van der Waals surface area contributed by atoms with Gasteiger partial charge in [-0.1, -0.05) is 18.2 Å². The summed E-state index contributed by atoms with van der Waals surface area (Å²) in [6, 6.07) is 6.25. The van der Waals surface area contributed by atoms with Crippen LogP contribution in [0, 0.1) is 19.8 Å². The van der Waals surface area contributed by atoms with E-state index in [1.54, 1.807) is 4.90 Å². The van der Waals surface area contributed by atoms with Crippen LogP contribution in [0.15, 0.2) is 18.2 Å². The Hall–Kier alpha value is -1.55. The molecule has 0 radical (unpaired) electrons. The molecule has 4 nitrogen and oxygen atoms in total. The van der Waals surface area contributed by atoms with Crippen molar-refractivity contribution in [1.29, 1.82) is 0 Å². The van der Waals surface area contributed by atoms with Gasteiger partial charge in [0.25, 0.3) is 0 Å². The van der Waals surface area contributed by atoms with Crippen molar-refractivity contribution in [3.05, 3.63) is 34.9 Å².